The molecule has 246 valence electrons. The van der Waals surface area contributed by atoms with Crippen LogP contribution in [-0.4, -0.2) is 78.5 Å². The number of aryl methyl sites for hydroxylation is 1. The highest BCUT2D eigenvalue weighted by Crippen LogP contribution is 2.55. The number of hydrogen-bond donors (Lipinski definition) is 2. The summed E-state index contributed by atoms with van der Waals surface area (Å²) in [6, 6.07) is 3.17. The van der Waals surface area contributed by atoms with Gasteiger partial charge in [0.15, 0.2) is 22.9 Å². The number of nitrogens with two attached hydrogens (primary N) is 1. The van der Waals surface area contributed by atoms with Crippen LogP contribution in [0.15, 0.2) is 9.55 Å². The SMILES string of the molecule is C[C@@H]([C@@H]1CCCN1C)n1nc2c3c(nc(-c4noc5c4CCC[C@@]54CCCc5sc(N)c(C#N)c54)nc31)N1C[C@](C)(O)CC[C@@H]1CS2. The monoisotopic (exact) mass is 671 g/mol. The zero-order valence-corrected chi connectivity index (χ0v) is 28.9. The first-order chi connectivity index (χ1) is 22.7. The average Bonchev–Trinajstić information content (AvgIpc) is 3.82. The molecule has 1 spiro atoms. The summed E-state index contributed by atoms with van der Waals surface area (Å²) < 4.78 is 8.52. The molecule has 4 aromatic rings. The van der Waals surface area contributed by atoms with Gasteiger partial charge in [0.05, 0.1) is 28.0 Å². The normalized spacial score (nSPS) is 29.4. The van der Waals surface area contributed by atoms with Crippen molar-refractivity contribution in [3.05, 3.63) is 27.3 Å². The molecule has 0 aromatic carbocycles. The van der Waals surface area contributed by atoms with Gasteiger partial charge in [-0.25, -0.2) is 14.6 Å². The highest BCUT2D eigenvalue weighted by atomic mass is 32.2. The van der Waals surface area contributed by atoms with Crippen molar-refractivity contribution in [2.75, 3.05) is 36.5 Å². The van der Waals surface area contributed by atoms with Crippen LogP contribution < -0.4 is 10.6 Å². The minimum atomic E-state index is -0.808. The number of fused-ring (bicyclic) bond motifs is 6. The van der Waals surface area contributed by atoms with Crippen LogP contribution in [0, 0.1) is 11.3 Å². The third-order valence-electron chi connectivity index (χ3n) is 11.7. The molecule has 47 heavy (non-hydrogen) atoms. The quantitative estimate of drug-likeness (QED) is 0.287. The van der Waals surface area contributed by atoms with Gasteiger partial charge in [-0.3, -0.25) is 0 Å². The number of rotatable bonds is 3. The van der Waals surface area contributed by atoms with Gasteiger partial charge in [-0.05, 0) is 97.2 Å². The van der Waals surface area contributed by atoms with Crippen molar-refractivity contribution in [3.8, 4) is 17.6 Å². The van der Waals surface area contributed by atoms with Gasteiger partial charge < -0.3 is 25.2 Å². The van der Waals surface area contributed by atoms with Crippen LogP contribution in [0.2, 0.25) is 0 Å². The lowest BCUT2D eigenvalue weighted by Crippen LogP contribution is -2.52. The fraction of sp³-hybridized carbons (Fsp3) is 0.618. The number of thiophene rings is 1. The molecular weight excluding hydrogens is 631 g/mol. The molecule has 2 aliphatic carbocycles. The number of aromatic nitrogens is 5. The number of hydrogen-bond acceptors (Lipinski definition) is 12. The Kier molecular flexibility index (Phi) is 6.79. The molecule has 3 N–H and O–H groups in total. The topological polar surface area (TPSA) is 146 Å². The average molecular weight is 672 g/mol. The second-order valence-electron chi connectivity index (χ2n) is 14.8. The third-order valence-corrected chi connectivity index (χ3v) is 13.9. The molecule has 11 nitrogen and oxygen atoms in total. The lowest BCUT2D eigenvalue weighted by atomic mass is 9.63. The van der Waals surface area contributed by atoms with Crippen molar-refractivity contribution in [3.63, 3.8) is 0 Å². The molecule has 7 heterocycles. The molecular formula is C34H41N9O2S2. The standard InChI is InChI=1S/C34H41N9O2S2/c1-18(22-8-6-14-41(22)3)43-31-24-30(42-17-33(2,44)13-10-19(42)16-46-32(24)39-43)37-29(38-31)26-20-7-4-11-34(27(20)45-40-26)12-5-9-23-25(34)21(15-35)28(36)47-23/h18-19,22,44H,4-14,16-17,36H2,1-3H3/t18-,19+,22-,33+,34-/m0/s1. The van der Waals surface area contributed by atoms with Crippen molar-refractivity contribution in [2.24, 2.45) is 0 Å². The Morgan fingerprint density at radius 3 is 2.77 bits per heavy atom. The lowest BCUT2D eigenvalue weighted by Gasteiger charge is -2.42. The largest absolute Gasteiger partial charge is 0.389 e. The number of likely N-dealkylation sites (tertiary alicyclic amines) is 1. The van der Waals surface area contributed by atoms with Crippen LogP contribution in [0.1, 0.15) is 98.6 Å². The summed E-state index contributed by atoms with van der Waals surface area (Å²) in [5.41, 5.74) is 9.41. The minimum Gasteiger partial charge on any atom is -0.389 e. The van der Waals surface area contributed by atoms with Crippen LogP contribution >= 0.6 is 23.1 Å². The van der Waals surface area contributed by atoms with Gasteiger partial charge in [0.2, 0.25) is 0 Å². The summed E-state index contributed by atoms with van der Waals surface area (Å²) in [6.07, 6.45) is 9.49. The number of nitrogen functional groups attached to an aromatic ring is 1. The Morgan fingerprint density at radius 2 is 1.98 bits per heavy atom. The van der Waals surface area contributed by atoms with E-state index in [4.69, 9.17) is 30.5 Å². The summed E-state index contributed by atoms with van der Waals surface area (Å²) in [5.74, 6) is 3.13. The van der Waals surface area contributed by atoms with Crippen molar-refractivity contribution >= 4 is 45.0 Å². The van der Waals surface area contributed by atoms with Crippen molar-refractivity contribution < 1.29 is 9.63 Å². The Hall–Kier alpha value is -3.18. The van der Waals surface area contributed by atoms with Gasteiger partial charge in [0, 0.05) is 34.8 Å². The van der Waals surface area contributed by atoms with Crippen LogP contribution in [0.5, 0.6) is 0 Å². The fourth-order valence-corrected chi connectivity index (χ4v) is 11.7. The summed E-state index contributed by atoms with van der Waals surface area (Å²) >= 11 is 3.35. The summed E-state index contributed by atoms with van der Waals surface area (Å²) in [7, 11) is 2.21. The molecule has 13 heteroatoms. The molecule has 0 unspecified atom stereocenters. The van der Waals surface area contributed by atoms with Crippen LogP contribution in [0.25, 0.3) is 22.6 Å². The van der Waals surface area contributed by atoms with Crippen LogP contribution in [0.3, 0.4) is 0 Å². The Balaban J connectivity index is 1.24. The van der Waals surface area contributed by atoms with Gasteiger partial charge in [-0.2, -0.15) is 10.4 Å². The number of nitrogens with zero attached hydrogens (tertiary/aromatic N) is 8. The predicted octanol–water partition coefficient (Wildman–Crippen LogP) is 5.44. The van der Waals surface area contributed by atoms with Crippen molar-refractivity contribution in [1.29, 1.82) is 5.26 Å². The first-order valence-electron chi connectivity index (χ1n) is 17.1. The first kappa shape index (κ1) is 29.9. The number of likely N-dealkylation sites (N-methyl/N-ethyl adjacent to an activating group) is 1. The van der Waals surface area contributed by atoms with E-state index in [0.717, 1.165) is 109 Å². The number of aliphatic hydroxyl groups is 1. The predicted molar refractivity (Wildman–Crippen MR) is 183 cm³/mol. The zero-order valence-electron chi connectivity index (χ0n) is 27.3. The van der Waals surface area contributed by atoms with Gasteiger partial charge in [-0.15, -0.1) is 23.1 Å². The molecule has 2 saturated heterocycles. The first-order valence-corrected chi connectivity index (χ1v) is 18.9. The molecule has 2 fully saturated rings. The molecule has 0 saturated carbocycles. The van der Waals surface area contributed by atoms with Crippen LogP contribution in [0.4, 0.5) is 10.8 Å². The summed E-state index contributed by atoms with van der Waals surface area (Å²) in [6.45, 7) is 5.79. The van der Waals surface area contributed by atoms with E-state index in [2.05, 4.69) is 34.5 Å². The van der Waals surface area contributed by atoms with Crippen molar-refractivity contribution in [2.45, 2.75) is 112 Å². The molecule has 5 aliphatic rings. The molecule has 3 aliphatic heterocycles. The van der Waals surface area contributed by atoms with E-state index in [-0.39, 0.29) is 12.1 Å². The molecule has 0 bridgehead atoms. The number of anilines is 2. The van der Waals surface area contributed by atoms with Gasteiger partial charge >= 0.3 is 0 Å². The lowest BCUT2D eigenvalue weighted by molar-refractivity contribution is 0.0381. The van der Waals surface area contributed by atoms with Gasteiger partial charge in [0.25, 0.3) is 0 Å². The third kappa shape index (κ3) is 4.37. The highest BCUT2D eigenvalue weighted by molar-refractivity contribution is 7.99. The maximum absolute atomic E-state index is 11.3. The van der Waals surface area contributed by atoms with Gasteiger partial charge in [0.1, 0.15) is 21.9 Å². The Bertz CT molecular complexity index is 1950. The smallest absolute Gasteiger partial charge is 0.186 e. The minimum absolute atomic E-state index is 0.123. The molecule has 5 atom stereocenters. The van der Waals surface area contributed by atoms with E-state index < -0.39 is 11.0 Å². The molecule has 0 radical (unpaired) electrons. The van der Waals surface area contributed by atoms with E-state index in [9.17, 15) is 10.4 Å². The molecule has 0 amide bonds. The Labute approximate surface area is 282 Å². The van der Waals surface area contributed by atoms with E-state index >= 15 is 0 Å². The molecule has 9 rings (SSSR count). The maximum atomic E-state index is 11.3. The van der Waals surface area contributed by atoms with E-state index in [1.165, 1.54) is 11.3 Å². The second-order valence-corrected chi connectivity index (χ2v) is 16.9. The number of piperidine rings is 1. The number of nitriles is 1. The summed E-state index contributed by atoms with van der Waals surface area (Å²) in [5, 5.41) is 34.0. The van der Waals surface area contributed by atoms with Crippen molar-refractivity contribution in [1.82, 2.24) is 29.8 Å². The van der Waals surface area contributed by atoms with E-state index in [1.807, 2.05) is 6.92 Å². The zero-order chi connectivity index (χ0) is 32.2. The van der Waals surface area contributed by atoms with E-state index in [0.29, 0.717) is 34.7 Å². The summed E-state index contributed by atoms with van der Waals surface area (Å²) in [4.78, 5) is 16.6. The fourth-order valence-electron chi connectivity index (χ4n) is 9.42. The molecule has 4 aromatic heterocycles. The maximum Gasteiger partial charge on any atom is 0.186 e. The Morgan fingerprint density at radius 1 is 1.15 bits per heavy atom. The van der Waals surface area contributed by atoms with Gasteiger partial charge in [-0.1, -0.05) is 5.16 Å². The van der Waals surface area contributed by atoms with Crippen LogP contribution in [-0.2, 0) is 18.3 Å². The van der Waals surface area contributed by atoms with E-state index in [1.54, 1.807) is 23.1 Å². The highest BCUT2D eigenvalue weighted by Gasteiger charge is 2.49. The second kappa shape index (κ2) is 10.7. The number of thioether (sulfide) groups is 1.